The van der Waals surface area contributed by atoms with E-state index in [0.29, 0.717) is 28.7 Å². The van der Waals surface area contributed by atoms with Crippen LogP contribution < -0.4 is 15.5 Å². The van der Waals surface area contributed by atoms with Crippen LogP contribution in [-0.4, -0.2) is 66.3 Å². The zero-order valence-corrected chi connectivity index (χ0v) is 18.6. The minimum absolute atomic E-state index is 0.0967. The lowest BCUT2D eigenvalue weighted by atomic mass is 10.2. The van der Waals surface area contributed by atoms with Crippen molar-refractivity contribution in [3.63, 3.8) is 0 Å². The molecule has 0 aromatic carbocycles. The van der Waals surface area contributed by atoms with E-state index in [0.717, 1.165) is 5.69 Å². The van der Waals surface area contributed by atoms with E-state index in [2.05, 4.69) is 38.3 Å². The molecule has 1 saturated heterocycles. The number of hydrogen-bond acceptors (Lipinski definition) is 8. The van der Waals surface area contributed by atoms with Gasteiger partial charge in [0.2, 0.25) is 11.9 Å². The van der Waals surface area contributed by atoms with Crippen LogP contribution in [0.2, 0.25) is 0 Å². The van der Waals surface area contributed by atoms with Gasteiger partial charge < -0.3 is 20.1 Å². The number of hydrogen-bond donors (Lipinski definition) is 3. The Morgan fingerprint density at radius 3 is 2.84 bits per heavy atom. The number of carbonyl (C=O) groups is 1. The van der Waals surface area contributed by atoms with Gasteiger partial charge in [0.25, 0.3) is 0 Å². The molecule has 2 atom stereocenters. The van der Waals surface area contributed by atoms with E-state index in [1.54, 1.807) is 22.1 Å². The van der Waals surface area contributed by atoms with E-state index in [-0.39, 0.29) is 31.5 Å². The molecule has 0 radical (unpaired) electrons. The molecule has 4 rings (SSSR count). The van der Waals surface area contributed by atoms with Crippen molar-refractivity contribution >= 4 is 47.2 Å². The average molecular weight is 448 g/mol. The second-order valence-corrected chi connectivity index (χ2v) is 8.33. The molecular weight excluding hydrogens is 421 g/mol. The molecule has 31 heavy (non-hydrogen) atoms. The lowest BCUT2D eigenvalue weighted by Crippen LogP contribution is -2.41. The van der Waals surface area contributed by atoms with Crippen LogP contribution in [0.5, 0.6) is 0 Å². The van der Waals surface area contributed by atoms with Crippen LogP contribution in [0.3, 0.4) is 0 Å². The highest BCUT2D eigenvalue weighted by molar-refractivity contribution is 7.80. The van der Waals surface area contributed by atoms with E-state index >= 15 is 0 Å². The molecule has 0 spiro atoms. The normalized spacial score (nSPS) is 18.8. The molecule has 166 valence electrons. The van der Waals surface area contributed by atoms with Gasteiger partial charge in [-0.25, -0.2) is 9.37 Å². The number of thiol groups is 1. The predicted molar refractivity (Wildman–Crippen MR) is 120 cm³/mol. The summed E-state index contributed by atoms with van der Waals surface area (Å²) in [6.07, 6.45) is 4.28. The molecule has 0 aliphatic carbocycles. The second kappa shape index (κ2) is 8.69. The molecule has 4 heterocycles. The minimum atomic E-state index is -1.21. The van der Waals surface area contributed by atoms with Crippen molar-refractivity contribution in [1.29, 1.82) is 0 Å². The topological polar surface area (TPSA) is 106 Å². The molecule has 1 aliphatic heterocycles. The van der Waals surface area contributed by atoms with E-state index in [9.17, 15) is 9.18 Å². The van der Waals surface area contributed by atoms with E-state index < -0.39 is 12.2 Å². The van der Waals surface area contributed by atoms with Crippen molar-refractivity contribution in [1.82, 2.24) is 34.6 Å². The van der Waals surface area contributed by atoms with E-state index in [1.807, 2.05) is 31.7 Å². The largest absolute Gasteiger partial charge is 0.349 e. The summed E-state index contributed by atoms with van der Waals surface area (Å²) < 4.78 is 18.3. The maximum absolute atomic E-state index is 14.7. The lowest BCUT2D eigenvalue weighted by molar-refractivity contribution is -0.121. The van der Waals surface area contributed by atoms with E-state index in [4.69, 9.17) is 4.98 Å². The maximum Gasteiger partial charge on any atom is 0.229 e. The number of aryl methyl sites for hydroxylation is 1. The van der Waals surface area contributed by atoms with Crippen molar-refractivity contribution in [2.45, 2.75) is 38.5 Å². The first kappa shape index (κ1) is 21.3. The molecule has 0 unspecified atom stereocenters. The van der Waals surface area contributed by atoms with Gasteiger partial charge in [0, 0.05) is 32.3 Å². The highest BCUT2D eigenvalue weighted by atomic mass is 32.1. The van der Waals surface area contributed by atoms with Crippen LogP contribution in [-0.2, 0) is 11.8 Å². The van der Waals surface area contributed by atoms with Gasteiger partial charge in [0.1, 0.15) is 6.17 Å². The molecule has 1 aliphatic rings. The van der Waals surface area contributed by atoms with Gasteiger partial charge in [-0.3, -0.25) is 9.48 Å². The highest BCUT2D eigenvalue weighted by Crippen LogP contribution is 2.28. The number of rotatable bonds is 7. The average Bonchev–Trinajstić information content (AvgIpc) is 3.41. The summed E-state index contributed by atoms with van der Waals surface area (Å²) in [6, 6.07) is -0.476. The Hall–Kier alpha value is -2.89. The Kier molecular flexibility index (Phi) is 5.99. The Labute approximate surface area is 184 Å². The third-order valence-corrected chi connectivity index (χ3v) is 5.37. The summed E-state index contributed by atoms with van der Waals surface area (Å²) in [5.74, 6) is 1.11. The van der Waals surface area contributed by atoms with Crippen LogP contribution in [0, 0.1) is 0 Å². The number of nitrogens with zero attached hydrogens (tertiary/aromatic N) is 7. The van der Waals surface area contributed by atoms with Gasteiger partial charge >= 0.3 is 0 Å². The van der Waals surface area contributed by atoms with Crippen LogP contribution >= 0.6 is 12.6 Å². The van der Waals surface area contributed by atoms with Gasteiger partial charge in [0.15, 0.2) is 17.0 Å². The number of carbonyl (C=O) groups excluding carboxylic acids is 1. The first-order valence-electron chi connectivity index (χ1n) is 10.1. The lowest BCUT2D eigenvalue weighted by Gasteiger charge is -2.18. The zero-order chi connectivity index (χ0) is 22.1. The first-order chi connectivity index (χ1) is 14.9. The Balaban J connectivity index is 1.67. The fourth-order valence-electron chi connectivity index (χ4n) is 3.58. The fourth-order valence-corrected chi connectivity index (χ4v) is 3.78. The number of fused-ring (bicyclic) bond motifs is 1. The highest BCUT2D eigenvalue weighted by Gasteiger charge is 2.35. The van der Waals surface area contributed by atoms with Crippen LogP contribution in [0.4, 0.5) is 21.8 Å². The summed E-state index contributed by atoms with van der Waals surface area (Å²) in [6.45, 7) is 4.46. The summed E-state index contributed by atoms with van der Waals surface area (Å²) in [4.78, 5) is 27.5. The zero-order valence-electron chi connectivity index (χ0n) is 17.7. The molecule has 1 fully saturated rings. The summed E-state index contributed by atoms with van der Waals surface area (Å²) in [5, 5.41) is 10.2. The summed E-state index contributed by atoms with van der Waals surface area (Å²) >= 11 is 4.06. The third-order valence-electron chi connectivity index (χ3n) is 5.15. The number of imidazole rings is 1. The van der Waals surface area contributed by atoms with Crippen LogP contribution in [0.15, 0.2) is 18.7 Å². The summed E-state index contributed by atoms with van der Waals surface area (Å²) in [5.41, 5.74) is 2.04. The van der Waals surface area contributed by atoms with Crippen molar-refractivity contribution in [2.24, 2.45) is 7.05 Å². The van der Waals surface area contributed by atoms with Crippen LogP contribution in [0.25, 0.3) is 11.2 Å². The molecule has 1 amide bonds. The predicted octanol–water partition coefficient (Wildman–Crippen LogP) is 1.85. The van der Waals surface area contributed by atoms with Crippen LogP contribution in [0.1, 0.15) is 26.3 Å². The van der Waals surface area contributed by atoms with Gasteiger partial charge in [0.05, 0.1) is 30.8 Å². The summed E-state index contributed by atoms with van der Waals surface area (Å²) in [7, 11) is 1.83. The molecule has 10 nitrogen and oxygen atoms in total. The van der Waals surface area contributed by atoms with Crippen molar-refractivity contribution < 1.29 is 9.18 Å². The van der Waals surface area contributed by atoms with Crippen molar-refractivity contribution in [3.05, 3.63) is 18.7 Å². The minimum Gasteiger partial charge on any atom is -0.349 e. The SMILES string of the molecule is CC(C)n1cnc2c(Nc3cnn(C)c3)nc(N3C[C@@H](F)[C@H](NC(=O)CCS)C3)nc21. The smallest absolute Gasteiger partial charge is 0.229 e. The molecule has 0 bridgehead atoms. The third kappa shape index (κ3) is 4.43. The van der Waals surface area contributed by atoms with Gasteiger partial charge in [-0.15, -0.1) is 0 Å². The maximum atomic E-state index is 14.7. The number of anilines is 3. The number of nitrogens with one attached hydrogen (secondary N) is 2. The molecular formula is C19H26FN9OS. The number of halogens is 1. The van der Waals surface area contributed by atoms with Gasteiger partial charge in [-0.1, -0.05) is 0 Å². The van der Waals surface area contributed by atoms with Gasteiger partial charge in [-0.2, -0.15) is 27.7 Å². The standard InChI is InChI=1S/C19H26FN9OS/c1-11(2)29-10-21-16-17(23-12-6-22-27(3)7-12)25-19(26-18(16)29)28-8-13(20)14(9-28)24-15(30)4-5-31/h6-7,10-11,13-14,31H,4-5,8-9H2,1-3H3,(H,24,30)(H,23,25,26)/t13-,14-/m1/s1. The Morgan fingerprint density at radius 1 is 1.35 bits per heavy atom. The van der Waals surface area contributed by atoms with Crippen molar-refractivity contribution in [3.8, 4) is 0 Å². The molecule has 0 saturated carbocycles. The molecule has 3 aromatic rings. The monoisotopic (exact) mass is 447 g/mol. The number of alkyl halides is 1. The quantitative estimate of drug-likeness (QED) is 0.475. The van der Waals surface area contributed by atoms with E-state index in [1.165, 1.54) is 0 Å². The number of amides is 1. The second-order valence-electron chi connectivity index (χ2n) is 7.89. The van der Waals surface area contributed by atoms with Gasteiger partial charge in [-0.05, 0) is 19.6 Å². The first-order valence-corrected chi connectivity index (χ1v) is 10.8. The molecule has 3 aromatic heterocycles. The molecule has 2 N–H and O–H groups in total. The molecule has 12 heteroatoms. The Morgan fingerprint density at radius 2 is 2.16 bits per heavy atom. The number of aromatic nitrogens is 6. The van der Waals surface area contributed by atoms with Crippen molar-refractivity contribution in [2.75, 3.05) is 29.1 Å². The Bertz CT molecular complexity index is 1080. The fraction of sp³-hybridized carbons (Fsp3) is 0.526.